The summed E-state index contributed by atoms with van der Waals surface area (Å²) in [6.45, 7) is 1.35. The van der Waals surface area contributed by atoms with E-state index in [9.17, 15) is 14.9 Å². The number of hydrogen-bond donors (Lipinski definition) is 1. The molecule has 1 rings (SSSR count). The van der Waals surface area contributed by atoms with Gasteiger partial charge in [-0.1, -0.05) is 12.1 Å². The maximum Gasteiger partial charge on any atom is 0.269 e. The van der Waals surface area contributed by atoms with Gasteiger partial charge < -0.3 is 5.73 Å². The van der Waals surface area contributed by atoms with Crippen LogP contribution in [-0.2, 0) is 4.79 Å². The second kappa shape index (κ2) is 3.97. The van der Waals surface area contributed by atoms with Crippen LogP contribution in [0.25, 0.3) is 0 Å². The molecule has 1 unspecified atom stereocenters. The topological polar surface area (TPSA) is 86.2 Å². The minimum absolute atomic E-state index is 0.0563. The average molecular weight is 194 g/mol. The highest BCUT2D eigenvalue weighted by Crippen LogP contribution is 2.17. The number of benzene rings is 1. The van der Waals surface area contributed by atoms with E-state index in [0.717, 1.165) is 0 Å². The van der Waals surface area contributed by atoms with Crippen LogP contribution in [0.5, 0.6) is 0 Å². The van der Waals surface area contributed by atoms with Crippen molar-refractivity contribution in [1.29, 1.82) is 0 Å². The van der Waals surface area contributed by atoms with E-state index in [1.54, 1.807) is 6.07 Å². The number of non-ortho nitro benzene ring substituents is 1. The smallest absolute Gasteiger partial charge is 0.269 e. The van der Waals surface area contributed by atoms with Gasteiger partial charge in [-0.05, 0) is 12.5 Å². The van der Waals surface area contributed by atoms with Crippen LogP contribution in [0, 0.1) is 10.1 Å². The third-order valence-corrected chi connectivity index (χ3v) is 1.88. The fraction of sp³-hybridized carbons (Fsp3) is 0.222. The molecule has 5 heteroatoms. The highest BCUT2D eigenvalue weighted by atomic mass is 16.6. The minimum Gasteiger partial charge on any atom is -0.318 e. The predicted octanol–water partition coefficient (Wildman–Crippen LogP) is 1.18. The van der Waals surface area contributed by atoms with Gasteiger partial charge in [0.15, 0.2) is 5.78 Å². The molecule has 0 spiro atoms. The monoisotopic (exact) mass is 194 g/mol. The van der Waals surface area contributed by atoms with E-state index in [1.807, 2.05) is 0 Å². The van der Waals surface area contributed by atoms with Crippen molar-refractivity contribution in [3.8, 4) is 0 Å². The molecule has 0 aliphatic rings. The van der Waals surface area contributed by atoms with Crippen molar-refractivity contribution < 1.29 is 9.72 Å². The van der Waals surface area contributed by atoms with E-state index in [4.69, 9.17) is 5.73 Å². The fourth-order valence-corrected chi connectivity index (χ4v) is 1.07. The van der Waals surface area contributed by atoms with Crippen molar-refractivity contribution in [2.45, 2.75) is 13.0 Å². The molecule has 0 aliphatic heterocycles. The van der Waals surface area contributed by atoms with Crippen LogP contribution >= 0.6 is 0 Å². The zero-order chi connectivity index (χ0) is 10.7. The zero-order valence-corrected chi connectivity index (χ0v) is 7.64. The summed E-state index contributed by atoms with van der Waals surface area (Å²) >= 11 is 0. The Labute approximate surface area is 80.7 Å². The van der Waals surface area contributed by atoms with E-state index < -0.39 is 11.0 Å². The van der Waals surface area contributed by atoms with Crippen molar-refractivity contribution in [3.63, 3.8) is 0 Å². The SMILES string of the molecule is CC(=O)C(N)c1cccc([N+](=O)[O-])c1. The van der Waals surface area contributed by atoms with Gasteiger partial charge in [-0.2, -0.15) is 0 Å². The van der Waals surface area contributed by atoms with Crippen LogP contribution in [0.1, 0.15) is 18.5 Å². The van der Waals surface area contributed by atoms with Crippen molar-refractivity contribution in [2.75, 3.05) is 0 Å². The van der Waals surface area contributed by atoms with Gasteiger partial charge in [0.1, 0.15) is 0 Å². The van der Waals surface area contributed by atoms with Crippen molar-refractivity contribution in [1.82, 2.24) is 0 Å². The number of nitro groups is 1. The molecule has 0 saturated heterocycles. The van der Waals surface area contributed by atoms with Gasteiger partial charge >= 0.3 is 0 Å². The Morgan fingerprint density at radius 2 is 2.21 bits per heavy atom. The number of nitrogens with zero attached hydrogens (tertiary/aromatic N) is 1. The lowest BCUT2D eigenvalue weighted by Gasteiger charge is -2.06. The van der Waals surface area contributed by atoms with Crippen LogP contribution < -0.4 is 5.73 Å². The van der Waals surface area contributed by atoms with Crippen LogP contribution in [0.2, 0.25) is 0 Å². The van der Waals surface area contributed by atoms with E-state index in [2.05, 4.69) is 0 Å². The number of hydrogen-bond acceptors (Lipinski definition) is 4. The first-order valence-corrected chi connectivity index (χ1v) is 4.02. The molecule has 0 saturated carbocycles. The van der Waals surface area contributed by atoms with Crippen molar-refractivity contribution in [2.24, 2.45) is 5.73 Å². The van der Waals surface area contributed by atoms with Gasteiger partial charge in [0.2, 0.25) is 0 Å². The van der Waals surface area contributed by atoms with E-state index in [-0.39, 0.29) is 11.5 Å². The van der Waals surface area contributed by atoms with Crippen LogP contribution in [-0.4, -0.2) is 10.7 Å². The number of Topliss-reactive ketones (excluding diaryl/α,β-unsaturated/α-hetero) is 1. The largest absolute Gasteiger partial charge is 0.318 e. The van der Waals surface area contributed by atoms with Gasteiger partial charge in [-0.3, -0.25) is 14.9 Å². The molecular formula is C9H10N2O3. The molecule has 1 aromatic carbocycles. The number of ketones is 1. The lowest BCUT2D eigenvalue weighted by Crippen LogP contribution is -2.18. The van der Waals surface area contributed by atoms with Crippen molar-refractivity contribution in [3.05, 3.63) is 39.9 Å². The Morgan fingerprint density at radius 1 is 1.57 bits per heavy atom. The maximum atomic E-state index is 10.9. The molecule has 0 fully saturated rings. The quantitative estimate of drug-likeness (QED) is 0.578. The Kier molecular flexibility index (Phi) is 2.93. The molecule has 2 N–H and O–H groups in total. The van der Waals surface area contributed by atoms with Crippen molar-refractivity contribution >= 4 is 11.5 Å². The number of carbonyl (C=O) groups is 1. The summed E-state index contributed by atoms with van der Waals surface area (Å²) in [5, 5.41) is 10.4. The molecule has 0 amide bonds. The average Bonchev–Trinajstić information content (AvgIpc) is 2.16. The Hall–Kier alpha value is -1.75. The first-order valence-electron chi connectivity index (χ1n) is 4.02. The molecule has 1 atom stereocenters. The Balaban J connectivity index is 3.05. The Morgan fingerprint density at radius 3 is 2.71 bits per heavy atom. The molecule has 74 valence electrons. The number of carbonyl (C=O) groups excluding carboxylic acids is 1. The first kappa shape index (κ1) is 10.3. The Bertz CT molecular complexity index is 376. The lowest BCUT2D eigenvalue weighted by atomic mass is 10.0. The van der Waals surface area contributed by atoms with E-state index in [1.165, 1.54) is 25.1 Å². The third kappa shape index (κ3) is 2.14. The molecule has 1 aromatic rings. The van der Waals surface area contributed by atoms with Crippen LogP contribution in [0.15, 0.2) is 24.3 Å². The molecular weight excluding hydrogens is 184 g/mol. The summed E-state index contributed by atoms with van der Waals surface area (Å²) in [6, 6.07) is 4.99. The molecule has 0 heterocycles. The third-order valence-electron chi connectivity index (χ3n) is 1.88. The van der Waals surface area contributed by atoms with Gasteiger partial charge in [0, 0.05) is 12.1 Å². The summed E-state index contributed by atoms with van der Waals surface area (Å²) in [7, 11) is 0. The standard InChI is InChI=1S/C9H10N2O3/c1-6(12)9(10)7-3-2-4-8(5-7)11(13)14/h2-5,9H,10H2,1H3. The van der Waals surface area contributed by atoms with E-state index in [0.29, 0.717) is 5.56 Å². The minimum atomic E-state index is -0.782. The van der Waals surface area contributed by atoms with Gasteiger partial charge in [-0.25, -0.2) is 0 Å². The van der Waals surface area contributed by atoms with Crippen LogP contribution in [0.3, 0.4) is 0 Å². The highest BCUT2D eigenvalue weighted by Gasteiger charge is 2.14. The maximum absolute atomic E-state index is 10.9. The number of nitrogens with two attached hydrogens (primary N) is 1. The highest BCUT2D eigenvalue weighted by molar-refractivity contribution is 5.82. The number of rotatable bonds is 3. The van der Waals surface area contributed by atoms with Gasteiger partial charge in [0.25, 0.3) is 5.69 Å². The molecule has 0 aromatic heterocycles. The second-order valence-corrected chi connectivity index (χ2v) is 2.94. The first-order chi connectivity index (χ1) is 6.52. The zero-order valence-electron chi connectivity index (χ0n) is 7.64. The van der Waals surface area contributed by atoms with Gasteiger partial charge in [0.05, 0.1) is 11.0 Å². The normalized spacial score (nSPS) is 12.1. The molecule has 0 radical (unpaired) electrons. The summed E-state index contributed by atoms with van der Waals surface area (Å²) < 4.78 is 0. The molecule has 0 aliphatic carbocycles. The van der Waals surface area contributed by atoms with Crippen LogP contribution in [0.4, 0.5) is 5.69 Å². The van der Waals surface area contributed by atoms with E-state index >= 15 is 0 Å². The predicted molar refractivity (Wildman–Crippen MR) is 50.7 cm³/mol. The molecule has 5 nitrogen and oxygen atoms in total. The fourth-order valence-electron chi connectivity index (χ4n) is 1.07. The summed E-state index contributed by atoms with van der Waals surface area (Å²) in [4.78, 5) is 20.8. The summed E-state index contributed by atoms with van der Waals surface area (Å²) in [5.41, 5.74) is 5.94. The summed E-state index contributed by atoms with van der Waals surface area (Å²) in [6.07, 6.45) is 0. The molecule has 0 bridgehead atoms. The number of nitro benzene ring substituents is 1. The summed E-state index contributed by atoms with van der Waals surface area (Å²) in [5.74, 6) is -0.217. The second-order valence-electron chi connectivity index (χ2n) is 2.94. The van der Waals surface area contributed by atoms with Gasteiger partial charge in [-0.15, -0.1) is 0 Å². The molecule has 14 heavy (non-hydrogen) atoms. The lowest BCUT2D eigenvalue weighted by molar-refractivity contribution is -0.384.